The van der Waals surface area contributed by atoms with E-state index in [-0.39, 0.29) is 5.78 Å². The molecule has 32 heavy (non-hydrogen) atoms. The smallest absolute Gasteiger partial charge is 0.333 e. The van der Waals surface area contributed by atoms with Crippen molar-refractivity contribution >= 4 is 28.9 Å². The number of halogens is 1. The molecule has 6 nitrogen and oxygen atoms in total. The van der Waals surface area contributed by atoms with Crippen molar-refractivity contribution in [1.82, 2.24) is 10.6 Å². The minimum Gasteiger partial charge on any atom is -0.492 e. The van der Waals surface area contributed by atoms with Crippen molar-refractivity contribution < 1.29 is 19.4 Å². The molecule has 2 heterocycles. The van der Waals surface area contributed by atoms with Crippen LogP contribution in [-0.2, 0) is 16.0 Å². The molecule has 2 aromatic rings. The van der Waals surface area contributed by atoms with Crippen LogP contribution in [-0.4, -0.2) is 48.1 Å². The maximum atomic E-state index is 12.4. The number of hydrogen-bond acceptors (Lipinski definition) is 5. The van der Waals surface area contributed by atoms with Gasteiger partial charge >= 0.3 is 5.97 Å². The van der Waals surface area contributed by atoms with Crippen LogP contribution in [0.1, 0.15) is 30.9 Å². The number of carbonyl (C=O) groups is 2. The molecule has 0 radical (unpaired) electrons. The number of ether oxygens (including phenoxy) is 1. The number of rotatable bonds is 8. The van der Waals surface area contributed by atoms with Gasteiger partial charge in [0.2, 0.25) is 0 Å². The molecule has 2 aliphatic rings. The Kier molecular flexibility index (Phi) is 6.65. The fraction of sp³-hybridized carbons (Fsp3) is 0.360. The molecule has 0 saturated carbocycles. The molecule has 1 fully saturated rings. The summed E-state index contributed by atoms with van der Waals surface area (Å²) in [5.74, 6) is -0.242. The maximum Gasteiger partial charge on any atom is 0.333 e. The molecule has 0 spiro atoms. The van der Waals surface area contributed by atoms with Gasteiger partial charge in [-0.15, -0.1) is 0 Å². The van der Waals surface area contributed by atoms with Gasteiger partial charge in [0.25, 0.3) is 0 Å². The summed E-state index contributed by atoms with van der Waals surface area (Å²) in [7, 11) is 0. The highest BCUT2D eigenvalue weighted by atomic mass is 35.5. The van der Waals surface area contributed by atoms with E-state index in [4.69, 9.17) is 16.3 Å². The second-order valence-corrected chi connectivity index (χ2v) is 8.83. The Morgan fingerprint density at radius 3 is 2.62 bits per heavy atom. The van der Waals surface area contributed by atoms with Gasteiger partial charge in [0.05, 0.1) is 28.8 Å². The van der Waals surface area contributed by atoms with Crippen molar-refractivity contribution in [2.24, 2.45) is 0 Å². The number of carboxylic acids is 1. The molecule has 7 heteroatoms. The van der Waals surface area contributed by atoms with Crippen LogP contribution in [0.5, 0.6) is 5.75 Å². The lowest BCUT2D eigenvalue weighted by atomic mass is 9.75. The monoisotopic (exact) mass is 454 g/mol. The number of carboxylic acid groups (broad SMARTS) is 1. The molecule has 0 aliphatic carbocycles. The zero-order valence-corrected chi connectivity index (χ0v) is 18.7. The number of fused-ring (bicyclic) bond motifs is 2. The predicted molar refractivity (Wildman–Crippen MR) is 124 cm³/mol. The summed E-state index contributed by atoms with van der Waals surface area (Å²) in [5, 5.41) is 17.0. The second kappa shape index (κ2) is 9.45. The number of para-hydroxylation sites is 1. The summed E-state index contributed by atoms with van der Waals surface area (Å²) >= 11 is 6.11. The van der Waals surface area contributed by atoms with Crippen LogP contribution in [0.4, 0.5) is 0 Å². The number of piperazine rings is 1. The van der Waals surface area contributed by atoms with Crippen LogP contribution in [0.2, 0.25) is 5.02 Å². The summed E-state index contributed by atoms with van der Waals surface area (Å²) in [5.41, 5.74) is 2.33. The highest BCUT2D eigenvalue weighted by Crippen LogP contribution is 2.37. The van der Waals surface area contributed by atoms with Crippen molar-refractivity contribution in [3.8, 4) is 5.75 Å². The highest BCUT2D eigenvalue weighted by molar-refractivity contribution is 6.32. The lowest BCUT2D eigenvalue weighted by Gasteiger charge is -2.46. The van der Waals surface area contributed by atoms with Gasteiger partial charge in [-0.25, -0.2) is 4.79 Å². The first-order valence-electron chi connectivity index (χ1n) is 10.8. The van der Waals surface area contributed by atoms with Gasteiger partial charge in [0.15, 0.2) is 5.78 Å². The largest absolute Gasteiger partial charge is 0.492 e. The van der Waals surface area contributed by atoms with Crippen LogP contribution in [0.3, 0.4) is 0 Å². The van der Waals surface area contributed by atoms with Gasteiger partial charge in [-0.2, -0.15) is 0 Å². The molecule has 3 N–H and O–H groups in total. The van der Waals surface area contributed by atoms with E-state index in [2.05, 4.69) is 10.6 Å². The summed E-state index contributed by atoms with van der Waals surface area (Å²) in [6, 6.07) is 15.0. The normalized spacial score (nSPS) is 22.5. The topological polar surface area (TPSA) is 87.7 Å². The van der Waals surface area contributed by atoms with E-state index in [1.807, 2.05) is 42.5 Å². The van der Waals surface area contributed by atoms with Crippen LogP contribution < -0.4 is 15.4 Å². The van der Waals surface area contributed by atoms with E-state index >= 15 is 0 Å². The summed E-state index contributed by atoms with van der Waals surface area (Å²) in [6.45, 7) is 3.11. The fourth-order valence-corrected chi connectivity index (χ4v) is 4.73. The molecule has 4 rings (SSSR count). The number of carbonyl (C=O) groups excluding carboxylic acids is 1. The van der Waals surface area contributed by atoms with E-state index in [1.54, 1.807) is 13.0 Å². The molecule has 0 aromatic heterocycles. The Balaban J connectivity index is 1.46. The van der Waals surface area contributed by atoms with Gasteiger partial charge in [0, 0.05) is 19.5 Å². The molecule has 2 aromatic carbocycles. The molecular weight excluding hydrogens is 428 g/mol. The number of aliphatic carboxylic acids is 1. The van der Waals surface area contributed by atoms with Crippen LogP contribution in [0.15, 0.2) is 54.1 Å². The number of benzene rings is 2. The Bertz CT molecular complexity index is 1050. The van der Waals surface area contributed by atoms with Crippen molar-refractivity contribution in [2.45, 2.75) is 37.8 Å². The van der Waals surface area contributed by atoms with Gasteiger partial charge in [-0.3, -0.25) is 10.1 Å². The predicted octanol–water partition coefficient (Wildman–Crippen LogP) is 3.48. The first kappa shape index (κ1) is 22.5. The van der Waals surface area contributed by atoms with Gasteiger partial charge < -0.3 is 15.2 Å². The Morgan fingerprint density at radius 1 is 1.19 bits per heavy atom. The minimum absolute atomic E-state index is 0.0202. The van der Waals surface area contributed by atoms with Crippen LogP contribution in [0.25, 0.3) is 5.57 Å². The lowest BCUT2D eigenvalue weighted by Crippen LogP contribution is -2.69. The number of aryl methyl sites for hydroxylation is 1. The number of hydrogen-bond donors (Lipinski definition) is 3. The number of ketones is 1. The van der Waals surface area contributed by atoms with E-state index in [9.17, 15) is 14.7 Å². The Morgan fingerprint density at radius 2 is 1.94 bits per heavy atom. The third kappa shape index (κ3) is 4.58. The van der Waals surface area contributed by atoms with Gasteiger partial charge in [0.1, 0.15) is 5.75 Å². The van der Waals surface area contributed by atoms with E-state index < -0.39 is 17.6 Å². The van der Waals surface area contributed by atoms with Crippen molar-refractivity contribution in [3.05, 3.63) is 70.3 Å². The average molecular weight is 455 g/mol. The molecule has 2 unspecified atom stereocenters. The summed E-state index contributed by atoms with van der Waals surface area (Å²) in [6.07, 6.45) is 2.03. The third-order valence-electron chi connectivity index (χ3n) is 6.29. The van der Waals surface area contributed by atoms with Crippen molar-refractivity contribution in [1.29, 1.82) is 0 Å². The average Bonchev–Trinajstić information content (AvgIpc) is 2.77. The molecule has 2 aliphatic heterocycles. The number of Topliss-reactive ketones (excluding diaryl/α,β-unsaturated/α-hetero) is 1. The third-order valence-corrected chi connectivity index (χ3v) is 6.60. The zero-order valence-electron chi connectivity index (χ0n) is 18.0. The standard InChI is InChI=1S/C25H27ClN2O4/c1-16(29)25-13-19(23(24(30)31)21(28-25)14-27-15-25)18-10-8-17(9-11-18)5-4-12-32-22-7-3-2-6-20(22)26/h2-3,6-11,21,27-28H,4-5,12-15H2,1H3,(H,30,31). The van der Waals surface area contributed by atoms with Gasteiger partial charge in [-0.1, -0.05) is 48.0 Å². The fourth-order valence-electron chi connectivity index (χ4n) is 4.54. The quantitative estimate of drug-likeness (QED) is 0.529. The van der Waals surface area contributed by atoms with Crippen molar-refractivity contribution in [2.75, 3.05) is 19.7 Å². The Labute approximate surface area is 192 Å². The molecule has 168 valence electrons. The maximum absolute atomic E-state index is 12.4. The van der Waals surface area contributed by atoms with E-state index in [0.717, 1.165) is 29.5 Å². The molecule has 2 atom stereocenters. The highest BCUT2D eigenvalue weighted by Gasteiger charge is 2.47. The van der Waals surface area contributed by atoms with Gasteiger partial charge in [-0.05, 0) is 48.6 Å². The zero-order chi connectivity index (χ0) is 22.7. The number of nitrogens with one attached hydrogen (secondary N) is 2. The van der Waals surface area contributed by atoms with E-state index in [1.165, 1.54) is 0 Å². The molecule has 0 amide bonds. The molecule has 2 bridgehead atoms. The first-order chi connectivity index (χ1) is 15.4. The Hall–Kier alpha value is -2.67. The lowest BCUT2D eigenvalue weighted by molar-refractivity contribution is -0.134. The minimum atomic E-state index is -0.945. The van der Waals surface area contributed by atoms with E-state index in [0.29, 0.717) is 42.5 Å². The molecule has 1 saturated heterocycles. The second-order valence-electron chi connectivity index (χ2n) is 8.42. The summed E-state index contributed by atoms with van der Waals surface area (Å²) < 4.78 is 5.74. The SMILES string of the molecule is CC(=O)C12CNCC(N1)C(C(=O)O)=C(c1ccc(CCCOc3ccccc3Cl)cc1)C2. The first-order valence-corrected chi connectivity index (χ1v) is 11.2. The van der Waals surface area contributed by atoms with Crippen molar-refractivity contribution in [3.63, 3.8) is 0 Å². The summed E-state index contributed by atoms with van der Waals surface area (Å²) in [4.78, 5) is 24.5. The van der Waals surface area contributed by atoms with Crippen LogP contribution >= 0.6 is 11.6 Å². The molecular formula is C25H27ClN2O4. The van der Waals surface area contributed by atoms with Crippen LogP contribution in [0, 0.1) is 0 Å².